The Kier molecular flexibility index (Phi) is 5.04. The predicted molar refractivity (Wildman–Crippen MR) is 113 cm³/mol. The van der Waals surface area contributed by atoms with Gasteiger partial charge in [0.05, 0.1) is 25.7 Å². The van der Waals surface area contributed by atoms with Crippen LogP contribution in [0.1, 0.15) is 34.2 Å². The highest BCUT2D eigenvalue weighted by Gasteiger charge is 2.53. The largest absolute Gasteiger partial charge is 0.504 e. The normalized spacial score (nSPS) is 25.0. The number of esters is 1. The molecule has 1 aliphatic carbocycles. The lowest BCUT2D eigenvalue weighted by molar-refractivity contribution is -0.141. The Balaban J connectivity index is 1.73. The molecule has 1 amide bonds. The van der Waals surface area contributed by atoms with E-state index in [4.69, 9.17) is 30.5 Å². The van der Waals surface area contributed by atoms with Crippen molar-refractivity contribution in [3.05, 3.63) is 46.5 Å². The molecule has 8 nitrogen and oxygen atoms in total. The van der Waals surface area contributed by atoms with E-state index in [1.807, 2.05) is 18.2 Å². The molecule has 0 saturated carbocycles. The zero-order valence-electron chi connectivity index (χ0n) is 17.5. The van der Waals surface area contributed by atoms with E-state index in [1.54, 1.807) is 13.0 Å². The fourth-order valence-electron chi connectivity index (χ4n) is 5.07. The molecule has 2 aliphatic heterocycles. The molecule has 0 radical (unpaired) electrons. The Hall–Kier alpha value is -3.13. The van der Waals surface area contributed by atoms with Crippen molar-refractivity contribution in [1.29, 1.82) is 0 Å². The molecule has 32 heavy (non-hydrogen) atoms. The van der Waals surface area contributed by atoms with E-state index in [-0.39, 0.29) is 42.8 Å². The van der Waals surface area contributed by atoms with Gasteiger partial charge in [-0.15, -0.1) is 11.6 Å². The van der Waals surface area contributed by atoms with Gasteiger partial charge >= 0.3 is 5.97 Å². The minimum atomic E-state index is -0.544. The fourth-order valence-corrected chi connectivity index (χ4v) is 5.15. The fraction of sp³-hybridized carbons (Fsp3) is 0.391. The number of nitrogens with one attached hydrogen (secondary N) is 1. The van der Waals surface area contributed by atoms with Crippen molar-refractivity contribution in [3.63, 3.8) is 0 Å². The molecule has 4 atom stereocenters. The van der Waals surface area contributed by atoms with Crippen molar-refractivity contribution >= 4 is 23.5 Å². The van der Waals surface area contributed by atoms with Gasteiger partial charge in [-0.3, -0.25) is 9.59 Å². The molecule has 9 heteroatoms. The summed E-state index contributed by atoms with van der Waals surface area (Å²) in [5.74, 6) is -0.572. The maximum atomic E-state index is 12.9. The lowest BCUT2D eigenvalue weighted by atomic mass is 9.65. The minimum absolute atomic E-state index is 0.0516. The summed E-state index contributed by atoms with van der Waals surface area (Å²) in [5, 5.41) is 13.3. The molecule has 2 N–H and O–H groups in total. The number of methoxy groups -OCH3 is 1. The first-order valence-electron chi connectivity index (χ1n) is 10.3. The average molecular weight is 460 g/mol. The van der Waals surface area contributed by atoms with Crippen molar-refractivity contribution in [2.75, 3.05) is 26.4 Å². The van der Waals surface area contributed by atoms with E-state index in [2.05, 4.69) is 5.32 Å². The van der Waals surface area contributed by atoms with E-state index in [1.165, 1.54) is 7.11 Å². The second kappa shape index (κ2) is 7.78. The van der Waals surface area contributed by atoms with Crippen molar-refractivity contribution < 1.29 is 33.6 Å². The van der Waals surface area contributed by atoms with Gasteiger partial charge in [-0.1, -0.05) is 6.07 Å². The molecule has 1 saturated heterocycles. The Morgan fingerprint density at radius 2 is 1.91 bits per heavy atom. The van der Waals surface area contributed by atoms with Crippen LogP contribution >= 0.6 is 11.6 Å². The van der Waals surface area contributed by atoms with Gasteiger partial charge in [0.1, 0.15) is 5.88 Å². The summed E-state index contributed by atoms with van der Waals surface area (Å²) in [6.45, 7) is 2.05. The quantitative estimate of drug-likeness (QED) is 0.535. The van der Waals surface area contributed by atoms with Crippen molar-refractivity contribution in [3.8, 4) is 23.0 Å². The van der Waals surface area contributed by atoms with Gasteiger partial charge in [-0.05, 0) is 47.4 Å². The molecule has 2 unspecified atom stereocenters. The number of alkyl halides is 1. The first-order chi connectivity index (χ1) is 15.4. The molecule has 1 fully saturated rings. The number of carbonyl (C=O) groups excluding carboxylic acids is 2. The number of fused-ring (bicyclic) bond motifs is 3. The van der Waals surface area contributed by atoms with Crippen LogP contribution in [0.15, 0.2) is 24.3 Å². The summed E-state index contributed by atoms with van der Waals surface area (Å²) < 4.78 is 22.0. The van der Waals surface area contributed by atoms with Gasteiger partial charge in [0.2, 0.25) is 12.7 Å². The number of hydrogen-bond donors (Lipinski definition) is 2. The molecule has 2 aromatic rings. The number of amides is 1. The van der Waals surface area contributed by atoms with E-state index in [0.717, 1.165) is 16.7 Å². The summed E-state index contributed by atoms with van der Waals surface area (Å²) in [6.07, 6.45) is 0. The molecule has 0 bridgehead atoms. The summed E-state index contributed by atoms with van der Waals surface area (Å²) in [6, 6.07) is 6.82. The molecule has 5 rings (SSSR count). The number of cyclic esters (lactones) is 1. The molecule has 3 aliphatic rings. The topological polar surface area (TPSA) is 103 Å². The van der Waals surface area contributed by atoms with Gasteiger partial charge in [-0.25, -0.2) is 0 Å². The summed E-state index contributed by atoms with van der Waals surface area (Å²) in [4.78, 5) is 25.2. The van der Waals surface area contributed by atoms with Crippen LogP contribution < -0.4 is 19.5 Å². The molecule has 0 aromatic heterocycles. The third kappa shape index (κ3) is 3.12. The van der Waals surface area contributed by atoms with Crippen LogP contribution in [0, 0.1) is 18.8 Å². The van der Waals surface area contributed by atoms with E-state index < -0.39 is 17.9 Å². The lowest BCUT2D eigenvalue weighted by Crippen LogP contribution is -2.43. The number of aryl methyl sites for hydroxylation is 1. The van der Waals surface area contributed by atoms with Crippen LogP contribution in [0.25, 0.3) is 0 Å². The first kappa shape index (κ1) is 20.8. The van der Waals surface area contributed by atoms with Crippen LogP contribution in [0.2, 0.25) is 0 Å². The highest BCUT2D eigenvalue weighted by atomic mass is 35.5. The number of rotatable bonds is 4. The van der Waals surface area contributed by atoms with Gasteiger partial charge in [0, 0.05) is 11.8 Å². The lowest BCUT2D eigenvalue weighted by Gasteiger charge is -2.39. The standard InChI is InChI=1S/C23H22ClNO7/c1-10-3-11(4-17(29-2)22(10)27)19-12-5-15-16(32-9-31-15)6-13(12)21(25-18(26)7-24)14-8-30-23(28)20(14)19/h3-6,14,19-21,27H,7-9H2,1-2H3,(H,25,26)/t14-,19?,20?,21+/m0/s1. The van der Waals surface area contributed by atoms with Crippen molar-refractivity contribution in [1.82, 2.24) is 5.32 Å². The van der Waals surface area contributed by atoms with E-state index in [0.29, 0.717) is 22.8 Å². The van der Waals surface area contributed by atoms with Gasteiger partial charge in [0.25, 0.3) is 0 Å². The van der Waals surface area contributed by atoms with Crippen LogP contribution in [0.5, 0.6) is 23.0 Å². The predicted octanol–water partition coefficient (Wildman–Crippen LogP) is 2.77. The molecule has 168 valence electrons. The smallest absolute Gasteiger partial charge is 0.310 e. The maximum Gasteiger partial charge on any atom is 0.310 e. The third-order valence-electron chi connectivity index (χ3n) is 6.49. The number of aromatic hydroxyl groups is 1. The number of carbonyl (C=O) groups is 2. The van der Waals surface area contributed by atoms with Gasteiger partial charge in [-0.2, -0.15) is 0 Å². The first-order valence-corrected chi connectivity index (χ1v) is 10.8. The van der Waals surface area contributed by atoms with Crippen LogP contribution in [0.4, 0.5) is 0 Å². The van der Waals surface area contributed by atoms with Crippen LogP contribution in [0.3, 0.4) is 0 Å². The number of halogens is 1. The van der Waals surface area contributed by atoms with E-state index in [9.17, 15) is 14.7 Å². The second-order valence-electron chi connectivity index (χ2n) is 8.20. The molecular weight excluding hydrogens is 438 g/mol. The molecular formula is C23H22ClNO7. The average Bonchev–Trinajstić information content (AvgIpc) is 3.40. The molecule has 2 heterocycles. The number of phenols is 1. The zero-order valence-corrected chi connectivity index (χ0v) is 18.3. The Morgan fingerprint density at radius 1 is 1.19 bits per heavy atom. The van der Waals surface area contributed by atoms with Gasteiger partial charge in [0.15, 0.2) is 23.0 Å². The van der Waals surface area contributed by atoms with Gasteiger partial charge < -0.3 is 29.4 Å². The monoisotopic (exact) mass is 459 g/mol. The zero-order chi connectivity index (χ0) is 22.6. The summed E-state index contributed by atoms with van der Waals surface area (Å²) in [7, 11) is 1.48. The highest BCUT2D eigenvalue weighted by Crippen LogP contribution is 2.54. The summed E-state index contributed by atoms with van der Waals surface area (Å²) in [5.41, 5.74) is 3.07. The Morgan fingerprint density at radius 3 is 2.59 bits per heavy atom. The maximum absolute atomic E-state index is 12.9. The van der Waals surface area contributed by atoms with E-state index >= 15 is 0 Å². The second-order valence-corrected chi connectivity index (χ2v) is 8.47. The van der Waals surface area contributed by atoms with Crippen molar-refractivity contribution in [2.24, 2.45) is 11.8 Å². The highest BCUT2D eigenvalue weighted by molar-refractivity contribution is 6.27. The minimum Gasteiger partial charge on any atom is -0.504 e. The van der Waals surface area contributed by atoms with Crippen LogP contribution in [-0.2, 0) is 14.3 Å². The third-order valence-corrected chi connectivity index (χ3v) is 6.73. The number of phenolic OH excluding ortho intramolecular Hbond substituents is 1. The number of hydrogen-bond acceptors (Lipinski definition) is 7. The molecule has 2 aromatic carbocycles. The SMILES string of the molecule is COc1cc(C2c3cc4c(cc3[C@@H](NC(=O)CCl)[C@H]3COC(=O)C23)OCO4)cc(C)c1O. The number of benzene rings is 2. The van der Waals surface area contributed by atoms with Crippen molar-refractivity contribution in [2.45, 2.75) is 18.9 Å². The summed E-state index contributed by atoms with van der Waals surface area (Å²) >= 11 is 5.76. The Bertz CT molecular complexity index is 1120. The molecule has 0 spiro atoms. The van der Waals surface area contributed by atoms with Crippen LogP contribution in [-0.4, -0.2) is 43.4 Å². The number of ether oxygens (including phenoxy) is 4. The Labute approximate surface area is 189 Å².